The van der Waals surface area contributed by atoms with E-state index >= 15 is 0 Å². The van der Waals surface area contributed by atoms with Gasteiger partial charge in [-0.15, -0.1) is 0 Å². The van der Waals surface area contributed by atoms with Crippen LogP contribution in [0.25, 0.3) is 77.6 Å². The Morgan fingerprint density at radius 1 is 0.325 bits per heavy atom. The maximum atomic E-state index is 2.46. The second kappa shape index (κ2) is 8.08. The number of nitrogens with zero attached hydrogens (tertiary/aromatic N) is 2. The molecule has 1 aliphatic carbocycles. The van der Waals surface area contributed by atoms with Gasteiger partial charge in [-0.2, -0.15) is 0 Å². The van der Waals surface area contributed by atoms with Gasteiger partial charge in [0.2, 0.25) is 0 Å². The Kier molecular flexibility index (Phi) is 4.36. The van der Waals surface area contributed by atoms with Crippen molar-refractivity contribution in [3.8, 4) is 44.9 Å². The molecule has 40 heavy (non-hydrogen) atoms. The molecule has 0 aliphatic heterocycles. The monoisotopic (exact) mass is 508 g/mol. The summed E-state index contributed by atoms with van der Waals surface area (Å²) < 4.78 is 4.89. The van der Waals surface area contributed by atoms with E-state index < -0.39 is 0 Å². The first kappa shape index (κ1) is 21.6. The predicted molar refractivity (Wildman–Crippen MR) is 167 cm³/mol. The van der Waals surface area contributed by atoms with Gasteiger partial charge in [-0.3, -0.25) is 0 Å². The minimum absolute atomic E-state index is 1.17. The van der Waals surface area contributed by atoms with Crippen molar-refractivity contribution in [2.24, 2.45) is 0 Å². The topological polar surface area (TPSA) is 9.86 Å². The molecule has 0 N–H and O–H groups in total. The third kappa shape index (κ3) is 2.77. The van der Waals surface area contributed by atoms with Crippen molar-refractivity contribution in [1.29, 1.82) is 0 Å². The predicted octanol–water partition coefficient (Wildman–Crippen LogP) is 10.0. The Labute approximate surface area is 232 Å². The molecule has 0 unspecified atom stereocenters. The van der Waals surface area contributed by atoms with Gasteiger partial charge in [-0.05, 0) is 64.7 Å². The van der Waals surface area contributed by atoms with E-state index in [4.69, 9.17) is 0 Å². The zero-order valence-electron chi connectivity index (χ0n) is 21.8. The van der Waals surface area contributed by atoms with Crippen LogP contribution in [0, 0.1) is 0 Å². The van der Waals surface area contributed by atoms with Gasteiger partial charge in [0, 0.05) is 33.1 Å². The molecule has 0 amide bonds. The maximum absolute atomic E-state index is 2.46. The smallest absolute Gasteiger partial charge is 0.0619 e. The molecule has 0 saturated carbocycles. The third-order valence-corrected chi connectivity index (χ3v) is 8.45. The molecule has 0 atom stereocenters. The van der Waals surface area contributed by atoms with Crippen LogP contribution < -0.4 is 0 Å². The summed E-state index contributed by atoms with van der Waals surface area (Å²) in [4.78, 5) is 0. The van der Waals surface area contributed by atoms with Gasteiger partial charge >= 0.3 is 0 Å². The first-order valence-corrected chi connectivity index (χ1v) is 13.8. The molecule has 6 aromatic carbocycles. The van der Waals surface area contributed by atoms with E-state index in [0.29, 0.717) is 0 Å². The molecular formula is C38H24N2. The highest BCUT2D eigenvalue weighted by atomic mass is 15.0. The van der Waals surface area contributed by atoms with Gasteiger partial charge in [0.25, 0.3) is 0 Å². The summed E-state index contributed by atoms with van der Waals surface area (Å²) in [5.41, 5.74) is 13.7. The van der Waals surface area contributed by atoms with E-state index in [-0.39, 0.29) is 0 Å². The summed E-state index contributed by atoms with van der Waals surface area (Å²) >= 11 is 0. The normalized spacial score (nSPS) is 12.0. The number of rotatable bonds is 3. The van der Waals surface area contributed by atoms with Crippen LogP contribution in [0.5, 0.6) is 0 Å². The van der Waals surface area contributed by atoms with Crippen LogP contribution in [-0.2, 0) is 0 Å². The van der Waals surface area contributed by atoms with E-state index in [1.165, 1.54) is 77.6 Å². The van der Waals surface area contributed by atoms with E-state index in [0.717, 1.165) is 0 Å². The van der Waals surface area contributed by atoms with Crippen molar-refractivity contribution in [2.75, 3.05) is 0 Å². The lowest BCUT2D eigenvalue weighted by Gasteiger charge is -2.14. The molecule has 2 aromatic heterocycles. The number of hydrogen-bond acceptors (Lipinski definition) is 0. The maximum Gasteiger partial charge on any atom is 0.0619 e. The van der Waals surface area contributed by atoms with E-state index in [9.17, 15) is 0 Å². The highest BCUT2D eigenvalue weighted by molar-refractivity contribution is 6.29. The van der Waals surface area contributed by atoms with Crippen molar-refractivity contribution in [2.45, 2.75) is 0 Å². The van der Waals surface area contributed by atoms with E-state index in [1.54, 1.807) is 0 Å². The molecule has 2 nitrogen and oxygen atoms in total. The van der Waals surface area contributed by atoms with Crippen LogP contribution >= 0.6 is 0 Å². The lowest BCUT2D eigenvalue weighted by Crippen LogP contribution is -1.97. The van der Waals surface area contributed by atoms with E-state index in [1.807, 2.05) is 0 Å². The molecule has 0 radical (unpaired) electrons. The van der Waals surface area contributed by atoms with Crippen LogP contribution in [0.4, 0.5) is 0 Å². The first-order chi connectivity index (χ1) is 19.9. The van der Waals surface area contributed by atoms with Gasteiger partial charge in [0.05, 0.1) is 22.2 Å². The number of hydrogen-bond donors (Lipinski definition) is 0. The van der Waals surface area contributed by atoms with Crippen LogP contribution in [0.2, 0.25) is 0 Å². The molecular weight excluding hydrogens is 484 g/mol. The van der Waals surface area contributed by atoms with Crippen molar-refractivity contribution in [3.63, 3.8) is 0 Å². The van der Waals surface area contributed by atoms with Crippen LogP contribution in [0.1, 0.15) is 0 Å². The average Bonchev–Trinajstić information content (AvgIpc) is 3.52. The van der Waals surface area contributed by atoms with Crippen molar-refractivity contribution in [1.82, 2.24) is 9.13 Å². The molecule has 2 heteroatoms. The van der Waals surface area contributed by atoms with Gasteiger partial charge in [0.15, 0.2) is 0 Å². The van der Waals surface area contributed by atoms with Crippen LogP contribution in [-0.4, -0.2) is 9.13 Å². The number of para-hydroxylation sites is 2. The van der Waals surface area contributed by atoms with Gasteiger partial charge in [-0.1, -0.05) is 103 Å². The van der Waals surface area contributed by atoms with Crippen molar-refractivity contribution >= 4 is 32.7 Å². The minimum atomic E-state index is 1.17. The zero-order chi connectivity index (χ0) is 26.2. The molecule has 0 fully saturated rings. The fourth-order valence-electron chi connectivity index (χ4n) is 6.94. The Morgan fingerprint density at radius 3 is 1.38 bits per heavy atom. The molecule has 186 valence electrons. The molecule has 1 aliphatic rings. The molecule has 0 bridgehead atoms. The average molecular weight is 509 g/mol. The molecule has 8 aromatic rings. The summed E-state index contributed by atoms with van der Waals surface area (Å²) in [6.07, 6.45) is 0. The number of aromatic nitrogens is 2. The van der Waals surface area contributed by atoms with Gasteiger partial charge in [0.1, 0.15) is 0 Å². The summed E-state index contributed by atoms with van der Waals surface area (Å²) in [7, 11) is 0. The van der Waals surface area contributed by atoms with E-state index in [2.05, 4.69) is 155 Å². The standard InChI is InChI=1S/C38H24N2/c1-4-13-25(14-5-1)38-37-30-21-12-23-32-36(30)34-28(19-10-22-31(34)39(32)26-15-6-2-7-16-26)29-20-11-24-33(35(29)37)40(38)27-17-8-3-9-18-27/h1-24H. The van der Waals surface area contributed by atoms with Crippen molar-refractivity contribution < 1.29 is 0 Å². The van der Waals surface area contributed by atoms with Gasteiger partial charge < -0.3 is 9.13 Å². The second-order valence-electron chi connectivity index (χ2n) is 10.5. The Hall–Kier alpha value is -5.34. The SMILES string of the molecule is c1ccc(-c2c3c4c(cccc4n2-c2ccccc2)-c2cccc4c2c2c-3cccc2n4-c2ccccc2)cc1. The highest BCUT2D eigenvalue weighted by Crippen LogP contribution is 2.53. The van der Waals surface area contributed by atoms with Crippen LogP contribution in [0.15, 0.2) is 146 Å². The molecule has 9 rings (SSSR count). The molecule has 0 saturated heterocycles. The van der Waals surface area contributed by atoms with Gasteiger partial charge in [-0.25, -0.2) is 0 Å². The zero-order valence-corrected chi connectivity index (χ0v) is 21.8. The number of fused-ring (bicyclic) bond motifs is 2. The summed E-state index contributed by atoms with van der Waals surface area (Å²) in [6, 6.07) is 52.8. The highest BCUT2D eigenvalue weighted by Gasteiger charge is 2.30. The third-order valence-electron chi connectivity index (χ3n) is 8.45. The first-order valence-electron chi connectivity index (χ1n) is 13.8. The van der Waals surface area contributed by atoms with Crippen LogP contribution in [0.3, 0.4) is 0 Å². The Morgan fingerprint density at radius 2 is 0.775 bits per heavy atom. The largest absolute Gasteiger partial charge is 0.309 e. The summed E-state index contributed by atoms with van der Waals surface area (Å²) in [6.45, 7) is 0. The fourth-order valence-corrected chi connectivity index (χ4v) is 6.94. The molecule has 0 spiro atoms. The summed E-state index contributed by atoms with van der Waals surface area (Å²) in [5, 5.41) is 3.95. The molecule has 2 heterocycles. The summed E-state index contributed by atoms with van der Waals surface area (Å²) in [5.74, 6) is 0. The Balaban J connectivity index is 1.55. The van der Waals surface area contributed by atoms with Crippen molar-refractivity contribution in [3.05, 3.63) is 146 Å². The quantitative estimate of drug-likeness (QED) is 0.225. The Bertz CT molecular complexity index is 2230. The lowest BCUT2D eigenvalue weighted by atomic mass is 9.95. The number of benzene rings is 6. The fraction of sp³-hybridized carbons (Fsp3) is 0. The minimum Gasteiger partial charge on any atom is -0.309 e. The lowest BCUT2D eigenvalue weighted by molar-refractivity contribution is 1.14. The second-order valence-corrected chi connectivity index (χ2v) is 10.5.